The number of aryl methyl sites for hydroxylation is 1. The molecule has 0 radical (unpaired) electrons. The van der Waals surface area contributed by atoms with Gasteiger partial charge in [-0.15, -0.1) is 0 Å². The summed E-state index contributed by atoms with van der Waals surface area (Å²) in [6, 6.07) is 8.87. The second-order valence-corrected chi connectivity index (χ2v) is 3.56. The highest BCUT2D eigenvalue weighted by atomic mass is 16.3. The Bertz CT molecular complexity index is 522. The van der Waals surface area contributed by atoms with Crippen LogP contribution >= 0.6 is 0 Å². The number of nitrogens with zero attached hydrogens (tertiary/aromatic N) is 2. The summed E-state index contributed by atoms with van der Waals surface area (Å²) in [6.45, 7) is 1.83. The van der Waals surface area contributed by atoms with E-state index < -0.39 is 6.10 Å². The van der Waals surface area contributed by atoms with Gasteiger partial charge in [0.1, 0.15) is 11.9 Å². The van der Waals surface area contributed by atoms with Crippen molar-refractivity contribution in [1.82, 2.24) is 9.97 Å². The molecule has 0 saturated heterocycles. The largest absolute Gasteiger partial charge is 0.382 e. The maximum Gasteiger partial charge on any atom is 0.120 e. The molecule has 1 atom stereocenters. The van der Waals surface area contributed by atoms with Crippen molar-refractivity contribution < 1.29 is 5.11 Å². The number of aliphatic hydroxyl groups excluding tert-OH is 1. The molecular weight excluding hydrogens is 202 g/mol. The van der Waals surface area contributed by atoms with Crippen LogP contribution in [0.2, 0.25) is 0 Å². The highest BCUT2D eigenvalue weighted by Gasteiger charge is 2.12. The Labute approximate surface area is 93.2 Å². The quantitative estimate of drug-likeness (QED) is 0.797. The molecule has 1 unspecified atom stereocenters. The van der Waals surface area contributed by atoms with E-state index in [1.54, 1.807) is 30.5 Å². The maximum absolute atomic E-state index is 10.0. The molecule has 0 spiro atoms. The van der Waals surface area contributed by atoms with Crippen LogP contribution in [0.1, 0.15) is 28.7 Å². The van der Waals surface area contributed by atoms with Crippen LogP contribution in [0, 0.1) is 18.3 Å². The number of aromatic amines is 1. The Hall–Kier alpha value is -2.12. The zero-order valence-electron chi connectivity index (χ0n) is 8.81. The molecule has 1 aromatic carbocycles. The fraction of sp³-hybridized carbons (Fsp3) is 0.167. The monoisotopic (exact) mass is 213 g/mol. The van der Waals surface area contributed by atoms with Crippen molar-refractivity contribution in [2.24, 2.45) is 0 Å². The number of aromatic nitrogens is 2. The summed E-state index contributed by atoms with van der Waals surface area (Å²) in [6.07, 6.45) is 0.881. The highest BCUT2D eigenvalue weighted by molar-refractivity contribution is 5.34. The van der Waals surface area contributed by atoms with E-state index in [4.69, 9.17) is 5.26 Å². The summed E-state index contributed by atoms with van der Waals surface area (Å²) in [4.78, 5) is 7.01. The van der Waals surface area contributed by atoms with Crippen molar-refractivity contribution in [2.75, 3.05) is 0 Å². The number of hydrogen-bond acceptors (Lipinski definition) is 3. The second-order valence-electron chi connectivity index (χ2n) is 3.56. The molecule has 1 aromatic heterocycles. The molecule has 1 heterocycles. The first-order valence-corrected chi connectivity index (χ1v) is 4.90. The van der Waals surface area contributed by atoms with Gasteiger partial charge in [0.2, 0.25) is 0 Å². The lowest BCUT2D eigenvalue weighted by Gasteiger charge is -2.08. The van der Waals surface area contributed by atoms with Crippen molar-refractivity contribution in [2.45, 2.75) is 13.0 Å². The van der Waals surface area contributed by atoms with Crippen molar-refractivity contribution in [1.29, 1.82) is 5.26 Å². The van der Waals surface area contributed by atoms with E-state index in [2.05, 4.69) is 9.97 Å². The van der Waals surface area contributed by atoms with E-state index in [1.807, 2.05) is 13.0 Å². The van der Waals surface area contributed by atoms with Crippen LogP contribution in [0.5, 0.6) is 0 Å². The molecule has 0 aliphatic carbocycles. The zero-order chi connectivity index (χ0) is 11.5. The Morgan fingerprint density at radius 3 is 2.56 bits per heavy atom. The maximum atomic E-state index is 10.0. The number of imidazole rings is 1. The third kappa shape index (κ3) is 1.95. The average Bonchev–Trinajstić information content (AvgIpc) is 2.75. The standard InChI is InChI=1S/C12H11N3O/c1-8-14-7-11(15-8)12(16)10-4-2-9(6-13)3-5-10/h2-5,7,12,16H,1H3,(H,14,15). The van der Waals surface area contributed by atoms with E-state index in [1.165, 1.54) is 0 Å². The summed E-state index contributed by atoms with van der Waals surface area (Å²) < 4.78 is 0. The number of nitriles is 1. The Morgan fingerprint density at radius 1 is 1.38 bits per heavy atom. The molecule has 2 aromatic rings. The van der Waals surface area contributed by atoms with E-state index in [0.717, 1.165) is 11.4 Å². The minimum atomic E-state index is -0.728. The SMILES string of the molecule is Cc1ncc(C(O)c2ccc(C#N)cc2)[nH]1. The first kappa shape index (κ1) is 10.4. The van der Waals surface area contributed by atoms with Gasteiger partial charge in [-0.3, -0.25) is 0 Å². The average molecular weight is 213 g/mol. The minimum Gasteiger partial charge on any atom is -0.382 e. The molecule has 16 heavy (non-hydrogen) atoms. The van der Waals surface area contributed by atoms with E-state index in [-0.39, 0.29) is 0 Å². The van der Waals surface area contributed by atoms with Gasteiger partial charge >= 0.3 is 0 Å². The normalized spacial score (nSPS) is 12.1. The molecule has 2 rings (SSSR count). The lowest BCUT2D eigenvalue weighted by molar-refractivity contribution is 0.216. The number of hydrogen-bond donors (Lipinski definition) is 2. The minimum absolute atomic E-state index is 0.580. The van der Waals surface area contributed by atoms with Crippen molar-refractivity contribution in [3.05, 3.63) is 53.1 Å². The molecule has 0 bridgehead atoms. The van der Waals surface area contributed by atoms with Crippen LogP contribution in [0.3, 0.4) is 0 Å². The van der Waals surface area contributed by atoms with Gasteiger partial charge in [0.25, 0.3) is 0 Å². The summed E-state index contributed by atoms with van der Waals surface area (Å²) in [5, 5.41) is 18.7. The van der Waals surface area contributed by atoms with Crippen LogP contribution in [-0.4, -0.2) is 15.1 Å². The molecule has 0 amide bonds. The Kier molecular flexibility index (Phi) is 2.71. The van der Waals surface area contributed by atoms with Crippen molar-refractivity contribution in [3.8, 4) is 6.07 Å². The first-order valence-electron chi connectivity index (χ1n) is 4.90. The molecule has 2 N–H and O–H groups in total. The van der Waals surface area contributed by atoms with Crippen LogP contribution in [-0.2, 0) is 0 Å². The van der Waals surface area contributed by atoms with Gasteiger partial charge in [0.15, 0.2) is 0 Å². The molecule has 0 aliphatic heterocycles. The van der Waals surface area contributed by atoms with Crippen molar-refractivity contribution >= 4 is 0 Å². The molecule has 0 aliphatic rings. The number of nitrogens with one attached hydrogen (secondary N) is 1. The third-order valence-corrected chi connectivity index (χ3v) is 2.37. The van der Waals surface area contributed by atoms with Gasteiger partial charge in [0.05, 0.1) is 23.5 Å². The van der Waals surface area contributed by atoms with Crippen LogP contribution in [0.4, 0.5) is 0 Å². The van der Waals surface area contributed by atoms with E-state index >= 15 is 0 Å². The molecule has 0 fully saturated rings. The summed E-state index contributed by atoms with van der Waals surface area (Å²) >= 11 is 0. The molecular formula is C12H11N3O. The van der Waals surface area contributed by atoms with Gasteiger partial charge < -0.3 is 10.1 Å². The smallest absolute Gasteiger partial charge is 0.120 e. The molecule has 4 heteroatoms. The van der Waals surface area contributed by atoms with Crippen LogP contribution in [0.15, 0.2) is 30.5 Å². The van der Waals surface area contributed by atoms with Gasteiger partial charge in [0, 0.05) is 0 Å². The van der Waals surface area contributed by atoms with Crippen LogP contribution in [0.25, 0.3) is 0 Å². The number of aliphatic hydroxyl groups is 1. The fourth-order valence-corrected chi connectivity index (χ4v) is 1.50. The highest BCUT2D eigenvalue weighted by Crippen LogP contribution is 2.20. The third-order valence-electron chi connectivity index (χ3n) is 2.37. The number of rotatable bonds is 2. The van der Waals surface area contributed by atoms with Gasteiger partial charge in [-0.25, -0.2) is 4.98 Å². The Balaban J connectivity index is 2.27. The Morgan fingerprint density at radius 2 is 2.06 bits per heavy atom. The second kappa shape index (κ2) is 4.17. The predicted octanol–water partition coefficient (Wildman–Crippen LogP) is 1.67. The van der Waals surface area contributed by atoms with Gasteiger partial charge in [-0.05, 0) is 24.6 Å². The summed E-state index contributed by atoms with van der Waals surface area (Å²) in [7, 11) is 0. The lowest BCUT2D eigenvalue weighted by atomic mass is 10.1. The first-order chi connectivity index (χ1) is 7.70. The van der Waals surface area contributed by atoms with Gasteiger partial charge in [-0.1, -0.05) is 12.1 Å². The zero-order valence-corrected chi connectivity index (χ0v) is 8.81. The summed E-state index contributed by atoms with van der Waals surface area (Å²) in [5.74, 6) is 0.766. The molecule has 80 valence electrons. The summed E-state index contributed by atoms with van der Waals surface area (Å²) in [5.41, 5.74) is 1.97. The predicted molar refractivity (Wildman–Crippen MR) is 58.5 cm³/mol. The topological polar surface area (TPSA) is 72.7 Å². The van der Waals surface area contributed by atoms with E-state index in [9.17, 15) is 5.11 Å². The molecule has 0 saturated carbocycles. The number of benzene rings is 1. The number of H-pyrrole nitrogens is 1. The van der Waals surface area contributed by atoms with Gasteiger partial charge in [-0.2, -0.15) is 5.26 Å². The molecule has 4 nitrogen and oxygen atoms in total. The van der Waals surface area contributed by atoms with Crippen molar-refractivity contribution in [3.63, 3.8) is 0 Å². The van der Waals surface area contributed by atoms with Crippen LogP contribution < -0.4 is 0 Å². The van der Waals surface area contributed by atoms with E-state index in [0.29, 0.717) is 11.3 Å². The fourth-order valence-electron chi connectivity index (χ4n) is 1.50. The lowest BCUT2D eigenvalue weighted by Crippen LogP contribution is -1.99.